The fourth-order valence-corrected chi connectivity index (χ4v) is 5.45. The number of carbonyl (C=O) groups is 1. The molecule has 0 saturated carbocycles. The van der Waals surface area contributed by atoms with E-state index in [4.69, 9.17) is 4.74 Å². The van der Waals surface area contributed by atoms with E-state index in [1.54, 1.807) is 23.1 Å². The highest BCUT2D eigenvalue weighted by atomic mass is 32.2. The summed E-state index contributed by atoms with van der Waals surface area (Å²) in [4.78, 5) is 14.8. The maximum absolute atomic E-state index is 15.4. The lowest BCUT2D eigenvalue weighted by Gasteiger charge is -2.41. The molecule has 166 valence electrons. The van der Waals surface area contributed by atoms with Crippen molar-refractivity contribution in [3.05, 3.63) is 53.8 Å². The monoisotopic (exact) mass is 446 g/mol. The number of nitrogens with zero attached hydrogens (tertiary/aromatic N) is 1. The minimum Gasteiger partial charge on any atom is -0.492 e. The van der Waals surface area contributed by atoms with E-state index in [0.29, 0.717) is 54.7 Å². The van der Waals surface area contributed by atoms with Gasteiger partial charge in [0.1, 0.15) is 11.6 Å². The van der Waals surface area contributed by atoms with Crippen LogP contribution in [0.3, 0.4) is 0 Å². The van der Waals surface area contributed by atoms with Crippen molar-refractivity contribution in [3.8, 4) is 16.9 Å². The number of amides is 1. The molecule has 2 atom stereocenters. The van der Waals surface area contributed by atoms with Gasteiger partial charge in [0.25, 0.3) is 0 Å². The van der Waals surface area contributed by atoms with Crippen LogP contribution in [0.5, 0.6) is 5.75 Å². The van der Waals surface area contributed by atoms with Crippen LogP contribution in [0, 0.1) is 5.82 Å². The van der Waals surface area contributed by atoms with E-state index in [9.17, 15) is 13.2 Å². The van der Waals surface area contributed by atoms with Crippen LogP contribution < -0.4 is 9.46 Å². The molecule has 6 nitrogen and oxygen atoms in total. The van der Waals surface area contributed by atoms with Crippen molar-refractivity contribution < 1.29 is 22.3 Å². The van der Waals surface area contributed by atoms with Gasteiger partial charge in [-0.1, -0.05) is 36.4 Å². The van der Waals surface area contributed by atoms with Crippen LogP contribution in [0.15, 0.2) is 42.5 Å². The molecular formula is C23H27FN2O4S. The molecule has 4 rings (SSSR count). The van der Waals surface area contributed by atoms with Gasteiger partial charge >= 0.3 is 0 Å². The first-order valence-electron chi connectivity index (χ1n) is 10.6. The predicted octanol–water partition coefficient (Wildman–Crippen LogP) is 3.12. The number of halogens is 1. The van der Waals surface area contributed by atoms with Crippen molar-refractivity contribution in [2.24, 2.45) is 0 Å². The molecule has 1 fully saturated rings. The van der Waals surface area contributed by atoms with Crippen molar-refractivity contribution in [1.29, 1.82) is 0 Å². The summed E-state index contributed by atoms with van der Waals surface area (Å²) in [6.45, 7) is 0.731. The Labute approximate surface area is 182 Å². The normalized spacial score (nSPS) is 22.3. The Kier molecular flexibility index (Phi) is 6.29. The second kappa shape index (κ2) is 8.96. The smallest absolute Gasteiger partial charge is 0.226 e. The molecule has 1 amide bonds. The summed E-state index contributed by atoms with van der Waals surface area (Å²) < 4.78 is 47.8. The van der Waals surface area contributed by atoms with Crippen molar-refractivity contribution in [3.63, 3.8) is 0 Å². The van der Waals surface area contributed by atoms with Gasteiger partial charge in [-0.05, 0) is 37.3 Å². The van der Waals surface area contributed by atoms with Crippen molar-refractivity contribution in [1.82, 2.24) is 9.62 Å². The number of carbonyl (C=O) groups excluding carboxylic acids is 1. The molecule has 2 aromatic rings. The second-order valence-corrected chi connectivity index (χ2v) is 9.99. The van der Waals surface area contributed by atoms with E-state index in [1.807, 2.05) is 24.3 Å². The molecule has 0 unspecified atom stereocenters. The zero-order valence-corrected chi connectivity index (χ0v) is 18.3. The number of piperidine rings is 1. The number of sulfonamides is 1. The highest BCUT2D eigenvalue weighted by molar-refractivity contribution is 7.88. The van der Waals surface area contributed by atoms with Crippen LogP contribution in [0.4, 0.5) is 4.39 Å². The van der Waals surface area contributed by atoms with Gasteiger partial charge in [0, 0.05) is 29.8 Å². The molecule has 0 aromatic heterocycles. The van der Waals surface area contributed by atoms with E-state index in [1.165, 1.54) is 0 Å². The van der Waals surface area contributed by atoms with Gasteiger partial charge in [-0.2, -0.15) is 0 Å². The number of ether oxygens (including phenoxy) is 1. The SMILES string of the molecule is CS(=O)(=O)N[C@H]1CCCN2C(=O)CCOc3ccccc3-c3cccc(c3F)CC[C@@H]12. The molecule has 2 bridgehead atoms. The summed E-state index contributed by atoms with van der Waals surface area (Å²) in [6, 6.07) is 11.8. The molecule has 0 spiro atoms. The number of benzene rings is 2. The standard InChI is InChI=1S/C23H27FN2O4S/c1-31(28,29)25-19-9-5-14-26-20(19)12-11-16-6-4-8-18(23(16)24)17-7-2-3-10-21(17)30-15-13-22(26)27/h2-4,6-8,10,19-20,25H,5,9,11-15H2,1H3/t19-,20-/m0/s1. The molecule has 31 heavy (non-hydrogen) atoms. The third-order valence-electron chi connectivity index (χ3n) is 6.00. The Hall–Kier alpha value is -2.45. The van der Waals surface area contributed by atoms with Crippen LogP contribution in [-0.4, -0.2) is 50.7 Å². The zero-order valence-electron chi connectivity index (χ0n) is 17.5. The van der Waals surface area contributed by atoms with Crippen molar-refractivity contribution in [2.75, 3.05) is 19.4 Å². The third kappa shape index (κ3) is 4.91. The number of hydrogen-bond acceptors (Lipinski definition) is 4. The Morgan fingerprint density at radius 3 is 2.65 bits per heavy atom. The maximum atomic E-state index is 15.4. The molecule has 1 N–H and O–H groups in total. The summed E-state index contributed by atoms with van der Waals surface area (Å²) in [7, 11) is -3.43. The second-order valence-electron chi connectivity index (χ2n) is 8.21. The average molecular weight is 447 g/mol. The number of nitrogens with one attached hydrogen (secondary N) is 1. The average Bonchev–Trinajstić information content (AvgIpc) is 2.72. The third-order valence-corrected chi connectivity index (χ3v) is 6.73. The lowest BCUT2D eigenvalue weighted by Crippen LogP contribution is -2.57. The van der Waals surface area contributed by atoms with Gasteiger partial charge in [0.15, 0.2) is 0 Å². The maximum Gasteiger partial charge on any atom is 0.226 e. The van der Waals surface area contributed by atoms with E-state index in [-0.39, 0.29) is 36.8 Å². The number of fused-ring (bicyclic) bond motifs is 5. The first kappa shape index (κ1) is 21.8. The quantitative estimate of drug-likeness (QED) is 0.769. The van der Waals surface area contributed by atoms with Crippen LogP contribution in [0.1, 0.15) is 31.2 Å². The van der Waals surface area contributed by atoms with Crippen molar-refractivity contribution in [2.45, 2.75) is 44.2 Å². The van der Waals surface area contributed by atoms with E-state index < -0.39 is 10.0 Å². The fourth-order valence-electron chi connectivity index (χ4n) is 4.63. The van der Waals surface area contributed by atoms with Crippen LogP contribution >= 0.6 is 0 Å². The van der Waals surface area contributed by atoms with Gasteiger partial charge in [0.2, 0.25) is 15.9 Å². The van der Waals surface area contributed by atoms with Gasteiger partial charge in [0.05, 0.1) is 19.3 Å². The van der Waals surface area contributed by atoms with Gasteiger partial charge in [-0.25, -0.2) is 17.5 Å². The van der Waals surface area contributed by atoms with Gasteiger partial charge in [-0.15, -0.1) is 0 Å². The van der Waals surface area contributed by atoms with E-state index in [2.05, 4.69) is 4.72 Å². The Morgan fingerprint density at radius 2 is 1.84 bits per heavy atom. The van der Waals surface area contributed by atoms with Gasteiger partial charge < -0.3 is 9.64 Å². The molecule has 2 heterocycles. The van der Waals surface area contributed by atoms with Crippen LogP contribution in [-0.2, 0) is 21.2 Å². The van der Waals surface area contributed by atoms with E-state index in [0.717, 1.165) is 6.26 Å². The zero-order chi connectivity index (χ0) is 22.0. The summed E-state index contributed by atoms with van der Waals surface area (Å²) in [6.07, 6.45) is 3.54. The van der Waals surface area contributed by atoms with Gasteiger partial charge in [-0.3, -0.25) is 4.79 Å². The number of rotatable bonds is 2. The summed E-state index contributed by atoms with van der Waals surface area (Å²) in [5.41, 5.74) is 1.66. The first-order chi connectivity index (χ1) is 14.8. The molecule has 2 aliphatic rings. The summed E-state index contributed by atoms with van der Waals surface area (Å²) in [5.74, 6) is 0.158. The predicted molar refractivity (Wildman–Crippen MR) is 117 cm³/mol. The summed E-state index contributed by atoms with van der Waals surface area (Å²) in [5, 5.41) is 0. The summed E-state index contributed by atoms with van der Waals surface area (Å²) >= 11 is 0. The molecule has 2 aromatic carbocycles. The van der Waals surface area contributed by atoms with Crippen LogP contribution in [0.25, 0.3) is 11.1 Å². The molecule has 1 saturated heterocycles. The lowest BCUT2D eigenvalue weighted by atomic mass is 9.90. The largest absolute Gasteiger partial charge is 0.492 e. The molecule has 2 aliphatic heterocycles. The number of para-hydroxylation sites is 1. The number of hydrogen-bond donors (Lipinski definition) is 1. The number of aryl methyl sites for hydroxylation is 1. The highest BCUT2D eigenvalue weighted by Crippen LogP contribution is 2.34. The Balaban J connectivity index is 1.72. The minimum atomic E-state index is -3.43. The highest BCUT2D eigenvalue weighted by Gasteiger charge is 2.35. The Morgan fingerprint density at radius 1 is 1.06 bits per heavy atom. The topological polar surface area (TPSA) is 75.7 Å². The minimum absolute atomic E-state index is 0.0751. The molecule has 0 radical (unpaired) electrons. The molecule has 8 heteroatoms. The molecular weight excluding hydrogens is 419 g/mol. The fraction of sp³-hybridized carbons (Fsp3) is 0.435. The lowest BCUT2D eigenvalue weighted by molar-refractivity contribution is -0.136. The first-order valence-corrected chi connectivity index (χ1v) is 12.5. The molecule has 0 aliphatic carbocycles. The Bertz CT molecular complexity index is 1070. The van der Waals surface area contributed by atoms with E-state index >= 15 is 4.39 Å². The van der Waals surface area contributed by atoms with Crippen LogP contribution in [0.2, 0.25) is 0 Å². The van der Waals surface area contributed by atoms with Crippen molar-refractivity contribution >= 4 is 15.9 Å².